The number of aryl methyl sites for hydroxylation is 1. The lowest BCUT2D eigenvalue weighted by molar-refractivity contribution is 0.185. The van der Waals surface area contributed by atoms with E-state index in [1.165, 1.54) is 23.8 Å². The van der Waals surface area contributed by atoms with Crippen LogP contribution in [0.3, 0.4) is 0 Å². The van der Waals surface area contributed by atoms with Gasteiger partial charge >= 0.3 is 0 Å². The summed E-state index contributed by atoms with van der Waals surface area (Å²) in [5.74, 6) is -0.226. The minimum absolute atomic E-state index is 0.176. The second-order valence-electron chi connectivity index (χ2n) is 4.41. The lowest BCUT2D eigenvalue weighted by atomic mass is 10.1. The fourth-order valence-corrected chi connectivity index (χ4v) is 2.85. The molecule has 2 aromatic rings. The first-order valence-corrected chi connectivity index (χ1v) is 8.28. The Balaban J connectivity index is 2.60. The first-order valence-electron chi connectivity index (χ1n) is 5.97. The first kappa shape index (κ1) is 15.9. The van der Waals surface area contributed by atoms with Crippen LogP contribution >= 0.6 is 10.7 Å². The van der Waals surface area contributed by atoms with E-state index >= 15 is 0 Å². The van der Waals surface area contributed by atoms with Crippen molar-refractivity contribution in [1.82, 2.24) is 14.8 Å². The number of ether oxygens (including phenoxy) is 1. The highest BCUT2D eigenvalue weighted by atomic mass is 35.7. The number of benzene rings is 1. The van der Waals surface area contributed by atoms with E-state index in [-0.39, 0.29) is 19.0 Å². The summed E-state index contributed by atoms with van der Waals surface area (Å²) < 4.78 is 42.8. The molecule has 0 atom stereocenters. The van der Waals surface area contributed by atoms with Gasteiger partial charge in [-0.1, -0.05) is 0 Å². The van der Waals surface area contributed by atoms with Crippen molar-refractivity contribution in [1.29, 1.82) is 0 Å². The molecule has 0 radical (unpaired) electrons. The molecule has 0 aliphatic carbocycles. The van der Waals surface area contributed by atoms with Gasteiger partial charge in [0, 0.05) is 23.4 Å². The van der Waals surface area contributed by atoms with Crippen LogP contribution in [0.4, 0.5) is 4.39 Å². The highest BCUT2D eigenvalue weighted by Crippen LogP contribution is 2.24. The zero-order valence-corrected chi connectivity index (χ0v) is 12.9. The van der Waals surface area contributed by atoms with Crippen molar-refractivity contribution in [3.63, 3.8) is 0 Å². The van der Waals surface area contributed by atoms with Gasteiger partial charge in [0.25, 0.3) is 14.2 Å². The van der Waals surface area contributed by atoms with Gasteiger partial charge in [-0.05, 0) is 30.7 Å². The van der Waals surface area contributed by atoms with Crippen LogP contribution in [-0.2, 0) is 20.3 Å². The molecular formula is C12H13ClFN3O3S. The van der Waals surface area contributed by atoms with E-state index in [0.717, 1.165) is 0 Å². The molecule has 0 saturated carbocycles. The Morgan fingerprint density at radius 3 is 2.62 bits per heavy atom. The van der Waals surface area contributed by atoms with Crippen LogP contribution in [0.2, 0.25) is 0 Å². The summed E-state index contributed by atoms with van der Waals surface area (Å²) in [4.78, 5) is 0. The first-order chi connectivity index (χ1) is 9.82. The number of hydrogen-bond donors (Lipinski definition) is 0. The Bertz CT molecular complexity index is 741. The van der Waals surface area contributed by atoms with Gasteiger partial charge in [0.05, 0.1) is 13.2 Å². The summed E-state index contributed by atoms with van der Waals surface area (Å²) in [6, 6.07) is 4.30. The predicted molar refractivity (Wildman–Crippen MR) is 75.1 cm³/mol. The van der Waals surface area contributed by atoms with E-state index in [1.54, 1.807) is 13.0 Å². The molecule has 114 valence electrons. The number of nitrogens with zero attached hydrogens (tertiary/aromatic N) is 3. The molecule has 1 aromatic carbocycles. The Labute approximate surface area is 125 Å². The van der Waals surface area contributed by atoms with Crippen LogP contribution in [0.15, 0.2) is 23.4 Å². The largest absolute Gasteiger partial charge is 0.383 e. The molecule has 0 aliphatic heterocycles. The van der Waals surface area contributed by atoms with Crippen molar-refractivity contribution in [2.45, 2.75) is 18.6 Å². The molecule has 0 saturated heterocycles. The molecule has 0 amide bonds. The second-order valence-corrected chi connectivity index (χ2v) is 6.87. The standard InChI is InChI=1S/C12H13ClFN3O3S/c1-8-5-9(7-10(14)6-8)11-15-16-12(21(13,18)19)17(11)3-4-20-2/h5-7H,3-4H2,1-2H3. The van der Waals surface area contributed by atoms with Gasteiger partial charge in [-0.3, -0.25) is 4.57 Å². The molecule has 0 bridgehead atoms. The van der Waals surface area contributed by atoms with Crippen molar-refractivity contribution >= 4 is 19.7 Å². The molecule has 21 heavy (non-hydrogen) atoms. The predicted octanol–water partition coefficient (Wildman–Crippen LogP) is 1.97. The molecule has 2 rings (SSSR count). The van der Waals surface area contributed by atoms with E-state index in [1.807, 2.05) is 0 Å². The molecule has 1 aromatic heterocycles. The fourth-order valence-electron chi connectivity index (χ4n) is 1.93. The second kappa shape index (κ2) is 6.08. The monoisotopic (exact) mass is 333 g/mol. The average Bonchev–Trinajstić information content (AvgIpc) is 2.78. The van der Waals surface area contributed by atoms with Crippen LogP contribution in [0, 0.1) is 12.7 Å². The van der Waals surface area contributed by atoms with E-state index in [9.17, 15) is 12.8 Å². The lowest BCUT2D eigenvalue weighted by Gasteiger charge is -2.09. The molecule has 0 unspecified atom stereocenters. The molecular weight excluding hydrogens is 321 g/mol. The molecule has 0 N–H and O–H groups in total. The summed E-state index contributed by atoms with van der Waals surface area (Å²) in [6.45, 7) is 2.13. The number of rotatable bonds is 5. The Hall–Kier alpha value is -1.51. The van der Waals surface area contributed by atoms with Gasteiger partial charge in [0.2, 0.25) is 0 Å². The van der Waals surface area contributed by atoms with E-state index in [2.05, 4.69) is 10.2 Å². The molecule has 0 fully saturated rings. The third-order valence-corrected chi connectivity index (χ3v) is 3.91. The van der Waals surface area contributed by atoms with Crippen LogP contribution < -0.4 is 0 Å². The van der Waals surface area contributed by atoms with Crippen LogP contribution in [0.1, 0.15) is 5.56 Å². The number of hydrogen-bond acceptors (Lipinski definition) is 5. The summed E-state index contributed by atoms with van der Waals surface area (Å²) in [6.07, 6.45) is 0. The number of methoxy groups -OCH3 is 1. The third kappa shape index (κ3) is 3.58. The summed E-state index contributed by atoms with van der Waals surface area (Å²) in [5.41, 5.74) is 1.10. The van der Waals surface area contributed by atoms with Gasteiger partial charge in [-0.25, -0.2) is 12.8 Å². The van der Waals surface area contributed by atoms with Crippen molar-refractivity contribution < 1.29 is 17.5 Å². The highest BCUT2D eigenvalue weighted by molar-refractivity contribution is 8.13. The maximum Gasteiger partial charge on any atom is 0.296 e. The SMILES string of the molecule is COCCn1c(-c2cc(C)cc(F)c2)nnc1S(=O)(=O)Cl. The van der Waals surface area contributed by atoms with Crippen molar-refractivity contribution in [3.05, 3.63) is 29.6 Å². The smallest absolute Gasteiger partial charge is 0.296 e. The van der Waals surface area contributed by atoms with E-state index in [4.69, 9.17) is 15.4 Å². The van der Waals surface area contributed by atoms with Gasteiger partial charge in [0.1, 0.15) is 5.82 Å². The van der Waals surface area contributed by atoms with Crippen LogP contribution in [-0.4, -0.2) is 36.9 Å². The summed E-state index contributed by atoms with van der Waals surface area (Å²) >= 11 is 0. The van der Waals surface area contributed by atoms with Gasteiger partial charge in [0.15, 0.2) is 5.82 Å². The maximum atomic E-state index is 13.5. The normalized spacial score (nSPS) is 11.8. The lowest BCUT2D eigenvalue weighted by Crippen LogP contribution is -2.11. The van der Waals surface area contributed by atoms with E-state index < -0.39 is 20.0 Å². The molecule has 0 spiro atoms. The van der Waals surface area contributed by atoms with Gasteiger partial charge in [-0.15, -0.1) is 10.2 Å². The maximum absolute atomic E-state index is 13.5. The Kier molecular flexibility index (Phi) is 4.60. The molecule has 1 heterocycles. The minimum atomic E-state index is -4.06. The molecule has 9 heteroatoms. The molecule has 6 nitrogen and oxygen atoms in total. The van der Waals surface area contributed by atoms with Crippen molar-refractivity contribution in [2.75, 3.05) is 13.7 Å². The average molecular weight is 334 g/mol. The highest BCUT2D eigenvalue weighted by Gasteiger charge is 2.23. The zero-order valence-electron chi connectivity index (χ0n) is 11.4. The van der Waals surface area contributed by atoms with E-state index in [0.29, 0.717) is 11.1 Å². The summed E-state index contributed by atoms with van der Waals surface area (Å²) in [5, 5.41) is 7.02. The zero-order chi connectivity index (χ0) is 15.6. The summed E-state index contributed by atoms with van der Waals surface area (Å²) in [7, 11) is 2.76. The number of halogens is 2. The Morgan fingerprint density at radius 1 is 1.33 bits per heavy atom. The third-order valence-electron chi connectivity index (χ3n) is 2.75. The molecule has 0 aliphatic rings. The van der Waals surface area contributed by atoms with Crippen LogP contribution in [0.25, 0.3) is 11.4 Å². The fraction of sp³-hybridized carbons (Fsp3) is 0.333. The van der Waals surface area contributed by atoms with Crippen LogP contribution in [0.5, 0.6) is 0 Å². The van der Waals surface area contributed by atoms with Gasteiger partial charge < -0.3 is 4.74 Å². The topological polar surface area (TPSA) is 74.1 Å². The number of aromatic nitrogens is 3. The quantitative estimate of drug-likeness (QED) is 0.782. The Morgan fingerprint density at radius 2 is 2.05 bits per heavy atom. The van der Waals surface area contributed by atoms with Gasteiger partial charge in [-0.2, -0.15) is 0 Å². The van der Waals surface area contributed by atoms with Crippen molar-refractivity contribution in [3.8, 4) is 11.4 Å². The van der Waals surface area contributed by atoms with Crippen molar-refractivity contribution in [2.24, 2.45) is 0 Å². The minimum Gasteiger partial charge on any atom is -0.383 e.